The lowest BCUT2D eigenvalue weighted by Gasteiger charge is -2.13. The van der Waals surface area contributed by atoms with E-state index in [-0.39, 0.29) is 0 Å². The molecule has 0 amide bonds. The molecule has 2 heterocycles. The second-order valence-corrected chi connectivity index (χ2v) is 4.81. The maximum Gasteiger partial charge on any atom is 0.333 e. The van der Waals surface area contributed by atoms with E-state index in [4.69, 9.17) is 0 Å². The van der Waals surface area contributed by atoms with Crippen molar-refractivity contribution in [2.24, 2.45) is 28.2 Å². The third-order valence-electron chi connectivity index (χ3n) is 3.52. The van der Waals surface area contributed by atoms with Crippen molar-refractivity contribution < 1.29 is 10.2 Å². The first kappa shape index (κ1) is 15.4. The molecule has 2 rings (SSSR count). The molecule has 10 nitrogen and oxygen atoms in total. The van der Waals surface area contributed by atoms with Crippen molar-refractivity contribution in [3.63, 3.8) is 0 Å². The molecule has 0 atom stereocenters. The van der Waals surface area contributed by atoms with Gasteiger partial charge in [-0.1, -0.05) is 0 Å². The largest absolute Gasteiger partial charge is 0.494 e. The van der Waals surface area contributed by atoms with Gasteiger partial charge < -0.3 is 10.2 Å². The molecule has 0 spiro atoms. The Morgan fingerprint density at radius 3 is 1.14 bits per heavy atom. The van der Waals surface area contributed by atoms with Gasteiger partial charge >= 0.3 is 11.4 Å². The molecule has 118 valence electrons. The highest BCUT2D eigenvalue weighted by Gasteiger charge is 2.25. The lowest BCUT2D eigenvalue weighted by atomic mass is 10.1. The van der Waals surface area contributed by atoms with Crippen LogP contribution in [0.5, 0.6) is 11.8 Å². The Hall–Kier alpha value is -3.04. The van der Waals surface area contributed by atoms with Crippen molar-refractivity contribution >= 4 is 0 Å². The van der Waals surface area contributed by atoms with Gasteiger partial charge in [0.05, 0.1) is 0 Å². The van der Waals surface area contributed by atoms with Crippen molar-refractivity contribution in [2.45, 2.75) is 0 Å². The monoisotopic (exact) mass is 310 g/mol. The van der Waals surface area contributed by atoms with E-state index < -0.39 is 45.4 Å². The highest BCUT2D eigenvalue weighted by Crippen LogP contribution is 2.26. The molecule has 2 aromatic heterocycles. The van der Waals surface area contributed by atoms with Crippen molar-refractivity contribution in [3.8, 4) is 22.9 Å². The fraction of sp³-hybridized carbons (Fsp3) is 0.333. The molecule has 2 N–H and O–H groups in total. The molecule has 0 aliphatic heterocycles. The molecule has 0 aliphatic carbocycles. The summed E-state index contributed by atoms with van der Waals surface area (Å²) in [7, 11) is 4.72. The van der Waals surface area contributed by atoms with Crippen LogP contribution in [0.15, 0.2) is 19.2 Å². The SMILES string of the molecule is Cn1c(O)c(-c2c(O)n(C)c(=O)n(C)c2=O)c(=O)n(C)c1=O. The summed E-state index contributed by atoms with van der Waals surface area (Å²) < 4.78 is 2.86. The average molecular weight is 310 g/mol. The quantitative estimate of drug-likeness (QED) is 0.602. The van der Waals surface area contributed by atoms with Gasteiger partial charge in [0.25, 0.3) is 11.1 Å². The fourth-order valence-electron chi connectivity index (χ4n) is 2.10. The highest BCUT2D eigenvalue weighted by molar-refractivity contribution is 5.71. The van der Waals surface area contributed by atoms with Gasteiger partial charge in [-0.25, -0.2) is 9.59 Å². The van der Waals surface area contributed by atoms with E-state index in [0.29, 0.717) is 9.13 Å². The van der Waals surface area contributed by atoms with Gasteiger partial charge in [0.2, 0.25) is 11.8 Å². The molecule has 22 heavy (non-hydrogen) atoms. The zero-order valence-electron chi connectivity index (χ0n) is 12.3. The van der Waals surface area contributed by atoms with Crippen LogP contribution in [0.1, 0.15) is 0 Å². The molecular weight excluding hydrogens is 296 g/mol. The molecule has 0 saturated carbocycles. The minimum absolute atomic E-state index is 0.557. The van der Waals surface area contributed by atoms with Gasteiger partial charge in [0, 0.05) is 28.2 Å². The summed E-state index contributed by atoms with van der Waals surface area (Å²) in [5, 5.41) is 20.1. The first-order chi connectivity index (χ1) is 10.1. The summed E-state index contributed by atoms with van der Waals surface area (Å²) in [6.45, 7) is 0. The van der Waals surface area contributed by atoms with E-state index in [1.54, 1.807) is 0 Å². The maximum atomic E-state index is 12.2. The first-order valence-electron chi connectivity index (χ1n) is 6.09. The van der Waals surface area contributed by atoms with E-state index in [0.717, 1.165) is 23.2 Å². The number of hydrogen-bond donors (Lipinski definition) is 2. The Kier molecular flexibility index (Phi) is 3.32. The Bertz CT molecular complexity index is 937. The fourth-order valence-corrected chi connectivity index (χ4v) is 2.10. The lowest BCUT2D eigenvalue weighted by molar-refractivity contribution is 0.403. The van der Waals surface area contributed by atoms with Gasteiger partial charge in [-0.2, -0.15) is 0 Å². The number of rotatable bonds is 1. The Balaban J connectivity index is 3.17. The number of nitrogens with zero attached hydrogens (tertiary/aromatic N) is 4. The van der Waals surface area contributed by atoms with Crippen molar-refractivity contribution in [3.05, 3.63) is 41.7 Å². The van der Waals surface area contributed by atoms with Crippen LogP contribution in [0.25, 0.3) is 11.1 Å². The van der Waals surface area contributed by atoms with Crippen LogP contribution in [0.3, 0.4) is 0 Å². The molecule has 2 aromatic rings. The maximum absolute atomic E-state index is 12.2. The molecule has 0 radical (unpaired) electrons. The number of aromatic hydroxyl groups is 2. The predicted octanol–water partition coefficient (Wildman–Crippen LogP) is -2.44. The molecule has 0 aromatic carbocycles. The van der Waals surface area contributed by atoms with Crippen LogP contribution in [0, 0.1) is 0 Å². The minimum atomic E-state index is -0.966. The van der Waals surface area contributed by atoms with E-state index in [1.807, 2.05) is 0 Å². The molecule has 0 fully saturated rings. The van der Waals surface area contributed by atoms with Crippen LogP contribution < -0.4 is 22.5 Å². The molecule has 0 aliphatic rings. The summed E-state index contributed by atoms with van der Waals surface area (Å²) in [6, 6.07) is 0. The normalized spacial score (nSPS) is 10.9. The van der Waals surface area contributed by atoms with Crippen LogP contribution in [-0.4, -0.2) is 28.5 Å². The standard InChI is InChI=1S/C12H14N4O6/c1-13-7(17)5(8(18)14(2)11(13)21)6-9(19)15(3)12(22)16(4)10(6)20/h17,19H,1-4H3. The summed E-state index contributed by atoms with van der Waals surface area (Å²) in [4.78, 5) is 47.9. The molecule has 0 bridgehead atoms. The molecule has 10 heteroatoms. The van der Waals surface area contributed by atoms with E-state index in [2.05, 4.69) is 0 Å². The van der Waals surface area contributed by atoms with Gasteiger partial charge in [-0.15, -0.1) is 0 Å². The second kappa shape index (κ2) is 4.76. The van der Waals surface area contributed by atoms with E-state index in [1.165, 1.54) is 14.1 Å². The lowest BCUT2D eigenvalue weighted by Crippen LogP contribution is -2.41. The summed E-state index contributed by atoms with van der Waals surface area (Å²) in [6.07, 6.45) is 0. The summed E-state index contributed by atoms with van der Waals surface area (Å²) in [5.41, 5.74) is -4.64. The van der Waals surface area contributed by atoms with Crippen LogP contribution in [-0.2, 0) is 28.2 Å². The van der Waals surface area contributed by atoms with Crippen molar-refractivity contribution in [2.75, 3.05) is 0 Å². The number of hydrogen-bond acceptors (Lipinski definition) is 6. The smallest absolute Gasteiger partial charge is 0.333 e. The van der Waals surface area contributed by atoms with Crippen LogP contribution >= 0.6 is 0 Å². The molecule has 0 unspecified atom stereocenters. The predicted molar refractivity (Wildman–Crippen MR) is 76.2 cm³/mol. The molecule has 0 saturated heterocycles. The third kappa shape index (κ3) is 1.80. The van der Waals surface area contributed by atoms with Gasteiger partial charge in [0.15, 0.2) is 0 Å². The highest BCUT2D eigenvalue weighted by atomic mass is 16.3. The Labute approximate surface area is 122 Å². The van der Waals surface area contributed by atoms with Crippen LogP contribution in [0.2, 0.25) is 0 Å². The van der Waals surface area contributed by atoms with E-state index >= 15 is 0 Å². The topological polar surface area (TPSA) is 128 Å². The van der Waals surface area contributed by atoms with Crippen LogP contribution in [0.4, 0.5) is 0 Å². The van der Waals surface area contributed by atoms with Crippen molar-refractivity contribution in [1.82, 2.24) is 18.3 Å². The first-order valence-corrected chi connectivity index (χ1v) is 6.09. The second-order valence-electron chi connectivity index (χ2n) is 4.81. The Morgan fingerprint density at radius 2 is 0.864 bits per heavy atom. The van der Waals surface area contributed by atoms with Crippen molar-refractivity contribution in [1.29, 1.82) is 0 Å². The van der Waals surface area contributed by atoms with Gasteiger partial charge in [-0.05, 0) is 0 Å². The summed E-state index contributed by atoms with van der Waals surface area (Å²) >= 11 is 0. The zero-order chi connectivity index (χ0) is 16.9. The zero-order valence-corrected chi connectivity index (χ0v) is 12.3. The summed E-state index contributed by atoms with van der Waals surface area (Å²) in [5.74, 6) is -1.56. The Morgan fingerprint density at radius 1 is 0.591 bits per heavy atom. The number of aromatic nitrogens is 4. The molecular formula is C12H14N4O6. The van der Waals surface area contributed by atoms with E-state index in [9.17, 15) is 29.4 Å². The minimum Gasteiger partial charge on any atom is -0.494 e. The van der Waals surface area contributed by atoms with Gasteiger partial charge in [0.1, 0.15) is 11.1 Å². The third-order valence-corrected chi connectivity index (χ3v) is 3.52. The van der Waals surface area contributed by atoms with Gasteiger partial charge in [-0.3, -0.25) is 27.9 Å². The average Bonchev–Trinajstić information content (AvgIpc) is 2.50.